The van der Waals surface area contributed by atoms with Gasteiger partial charge in [-0.2, -0.15) is 0 Å². The van der Waals surface area contributed by atoms with E-state index >= 15 is 0 Å². The molecule has 1 heterocycles. The highest BCUT2D eigenvalue weighted by molar-refractivity contribution is 6.31. The summed E-state index contributed by atoms with van der Waals surface area (Å²) < 4.78 is 0. The Kier molecular flexibility index (Phi) is 4.12. The van der Waals surface area contributed by atoms with Crippen molar-refractivity contribution in [2.24, 2.45) is 0 Å². The number of benzene rings is 2. The van der Waals surface area contributed by atoms with Gasteiger partial charge in [0.1, 0.15) is 5.52 Å². The minimum absolute atomic E-state index is 0.249. The maximum Gasteiger partial charge on any atom is 0.257 e. The fourth-order valence-corrected chi connectivity index (χ4v) is 2.54. The predicted molar refractivity (Wildman–Crippen MR) is 93.3 cm³/mol. The first-order valence-electron chi connectivity index (χ1n) is 7.04. The van der Waals surface area contributed by atoms with Crippen LogP contribution in [0, 0.1) is 0 Å². The Hall–Kier alpha value is -2.66. The van der Waals surface area contributed by atoms with E-state index < -0.39 is 0 Å². The standard InChI is InChI=1S/C17H15ClN4O/c1-22(2)15-7-6-11(18)10-14(15)21-17(23)12-4-3-5-13-16(12)20-9-8-19-13/h3-10H,1-2H3,(H,21,23). The highest BCUT2D eigenvalue weighted by Crippen LogP contribution is 2.28. The topological polar surface area (TPSA) is 58.1 Å². The van der Waals surface area contributed by atoms with Gasteiger partial charge in [-0.1, -0.05) is 17.7 Å². The van der Waals surface area contributed by atoms with Gasteiger partial charge in [0.2, 0.25) is 0 Å². The first-order chi connectivity index (χ1) is 11.1. The number of carbonyl (C=O) groups is 1. The highest BCUT2D eigenvalue weighted by Gasteiger charge is 2.14. The molecule has 0 fully saturated rings. The lowest BCUT2D eigenvalue weighted by atomic mass is 10.1. The summed E-state index contributed by atoms with van der Waals surface area (Å²) in [6.07, 6.45) is 3.18. The molecule has 0 aliphatic rings. The number of para-hydroxylation sites is 1. The van der Waals surface area contributed by atoms with Gasteiger partial charge < -0.3 is 10.2 Å². The van der Waals surface area contributed by atoms with E-state index in [9.17, 15) is 4.79 Å². The van der Waals surface area contributed by atoms with Crippen molar-refractivity contribution in [3.05, 3.63) is 59.4 Å². The maximum absolute atomic E-state index is 12.7. The average Bonchev–Trinajstić information content (AvgIpc) is 2.54. The van der Waals surface area contributed by atoms with Gasteiger partial charge >= 0.3 is 0 Å². The van der Waals surface area contributed by atoms with Crippen molar-refractivity contribution in [1.82, 2.24) is 9.97 Å². The van der Waals surface area contributed by atoms with Gasteiger partial charge in [0, 0.05) is 31.5 Å². The summed E-state index contributed by atoms with van der Waals surface area (Å²) >= 11 is 6.05. The second-order valence-electron chi connectivity index (χ2n) is 5.24. The van der Waals surface area contributed by atoms with Crippen molar-refractivity contribution in [2.75, 3.05) is 24.3 Å². The number of anilines is 2. The summed E-state index contributed by atoms with van der Waals surface area (Å²) in [6.45, 7) is 0. The largest absolute Gasteiger partial charge is 0.376 e. The van der Waals surface area contributed by atoms with Crippen LogP contribution < -0.4 is 10.2 Å². The monoisotopic (exact) mass is 326 g/mol. The summed E-state index contributed by atoms with van der Waals surface area (Å²) in [5.74, 6) is -0.249. The molecule has 0 unspecified atom stereocenters. The number of amides is 1. The quantitative estimate of drug-likeness (QED) is 0.799. The van der Waals surface area contributed by atoms with Gasteiger partial charge in [0.25, 0.3) is 5.91 Å². The van der Waals surface area contributed by atoms with Gasteiger partial charge in [0.05, 0.1) is 22.5 Å². The van der Waals surface area contributed by atoms with Gasteiger partial charge in [-0.15, -0.1) is 0 Å². The number of aromatic nitrogens is 2. The molecule has 116 valence electrons. The Morgan fingerprint density at radius 2 is 1.91 bits per heavy atom. The second kappa shape index (κ2) is 6.22. The molecule has 1 amide bonds. The molecule has 2 aromatic carbocycles. The molecule has 3 aromatic rings. The van der Waals surface area contributed by atoms with Gasteiger partial charge in [-0.3, -0.25) is 14.8 Å². The minimum atomic E-state index is -0.249. The van der Waals surface area contributed by atoms with E-state index in [0.717, 1.165) is 5.69 Å². The average molecular weight is 327 g/mol. The van der Waals surface area contributed by atoms with E-state index in [1.807, 2.05) is 31.1 Å². The molecule has 0 atom stereocenters. The SMILES string of the molecule is CN(C)c1ccc(Cl)cc1NC(=O)c1cccc2nccnc12. The molecule has 0 aliphatic carbocycles. The molecule has 3 rings (SSSR count). The number of fused-ring (bicyclic) bond motifs is 1. The lowest BCUT2D eigenvalue weighted by molar-refractivity contribution is 0.102. The summed E-state index contributed by atoms with van der Waals surface area (Å²) in [7, 11) is 3.81. The van der Waals surface area contributed by atoms with E-state index in [1.165, 1.54) is 0 Å². The molecule has 0 bridgehead atoms. The van der Waals surface area contributed by atoms with Crippen molar-refractivity contribution >= 4 is 39.9 Å². The third-order valence-electron chi connectivity index (χ3n) is 3.43. The zero-order chi connectivity index (χ0) is 16.4. The van der Waals surface area contributed by atoms with Crippen LogP contribution in [0.15, 0.2) is 48.8 Å². The third-order valence-corrected chi connectivity index (χ3v) is 3.67. The summed E-state index contributed by atoms with van der Waals surface area (Å²) in [5, 5.41) is 3.47. The molecule has 23 heavy (non-hydrogen) atoms. The summed E-state index contributed by atoms with van der Waals surface area (Å²) in [6, 6.07) is 10.7. The number of hydrogen-bond acceptors (Lipinski definition) is 4. The minimum Gasteiger partial charge on any atom is -0.376 e. The number of nitrogens with one attached hydrogen (secondary N) is 1. The molecular formula is C17H15ClN4O. The van der Waals surface area contributed by atoms with Crippen molar-refractivity contribution < 1.29 is 4.79 Å². The van der Waals surface area contributed by atoms with Crippen LogP contribution in [-0.4, -0.2) is 30.0 Å². The van der Waals surface area contributed by atoms with E-state index in [1.54, 1.807) is 36.7 Å². The third kappa shape index (κ3) is 3.10. The normalized spacial score (nSPS) is 10.6. The van der Waals surface area contributed by atoms with Crippen LogP contribution in [0.2, 0.25) is 5.02 Å². The van der Waals surface area contributed by atoms with Gasteiger partial charge in [0.15, 0.2) is 0 Å². The Bertz CT molecular complexity index is 874. The lowest BCUT2D eigenvalue weighted by Crippen LogP contribution is -2.17. The predicted octanol–water partition coefficient (Wildman–Crippen LogP) is 3.60. The van der Waals surface area contributed by atoms with E-state index in [2.05, 4.69) is 15.3 Å². The maximum atomic E-state index is 12.7. The Balaban J connectivity index is 2.00. The molecule has 1 N–H and O–H groups in total. The second-order valence-corrected chi connectivity index (χ2v) is 5.68. The zero-order valence-corrected chi connectivity index (χ0v) is 13.5. The number of rotatable bonds is 3. The van der Waals surface area contributed by atoms with Crippen molar-refractivity contribution in [3.8, 4) is 0 Å². The summed E-state index contributed by atoms with van der Waals surface area (Å²) in [4.78, 5) is 23.1. The Labute approximate surface area is 138 Å². The molecular weight excluding hydrogens is 312 g/mol. The van der Waals surface area contributed by atoms with Crippen LogP contribution >= 0.6 is 11.6 Å². The van der Waals surface area contributed by atoms with E-state index in [0.29, 0.717) is 27.3 Å². The van der Waals surface area contributed by atoms with E-state index in [-0.39, 0.29) is 5.91 Å². The Morgan fingerprint density at radius 3 is 2.70 bits per heavy atom. The van der Waals surface area contributed by atoms with Gasteiger partial charge in [-0.05, 0) is 30.3 Å². The van der Waals surface area contributed by atoms with Crippen LogP contribution in [0.25, 0.3) is 11.0 Å². The smallest absolute Gasteiger partial charge is 0.257 e. The molecule has 0 aliphatic heterocycles. The highest BCUT2D eigenvalue weighted by atomic mass is 35.5. The van der Waals surface area contributed by atoms with Crippen molar-refractivity contribution in [1.29, 1.82) is 0 Å². The van der Waals surface area contributed by atoms with Crippen LogP contribution in [-0.2, 0) is 0 Å². The first kappa shape index (κ1) is 15.2. The van der Waals surface area contributed by atoms with Crippen LogP contribution in [0.1, 0.15) is 10.4 Å². The zero-order valence-electron chi connectivity index (χ0n) is 12.7. The fourth-order valence-electron chi connectivity index (χ4n) is 2.36. The number of nitrogens with zero attached hydrogens (tertiary/aromatic N) is 3. The van der Waals surface area contributed by atoms with Crippen molar-refractivity contribution in [3.63, 3.8) is 0 Å². The fraction of sp³-hybridized carbons (Fsp3) is 0.118. The van der Waals surface area contributed by atoms with Crippen LogP contribution in [0.3, 0.4) is 0 Å². The number of halogens is 1. The molecule has 5 nitrogen and oxygen atoms in total. The molecule has 0 radical (unpaired) electrons. The number of carbonyl (C=O) groups excluding carboxylic acids is 1. The van der Waals surface area contributed by atoms with Crippen LogP contribution in [0.5, 0.6) is 0 Å². The van der Waals surface area contributed by atoms with Crippen molar-refractivity contribution in [2.45, 2.75) is 0 Å². The molecule has 0 saturated heterocycles. The molecule has 6 heteroatoms. The van der Waals surface area contributed by atoms with Crippen LogP contribution in [0.4, 0.5) is 11.4 Å². The van der Waals surface area contributed by atoms with Gasteiger partial charge in [-0.25, -0.2) is 0 Å². The summed E-state index contributed by atoms with van der Waals surface area (Å²) in [5.41, 5.74) is 3.24. The molecule has 0 spiro atoms. The molecule has 0 saturated carbocycles. The Morgan fingerprint density at radius 1 is 1.13 bits per heavy atom. The van der Waals surface area contributed by atoms with E-state index in [4.69, 9.17) is 11.6 Å². The number of hydrogen-bond donors (Lipinski definition) is 1. The lowest BCUT2D eigenvalue weighted by Gasteiger charge is -2.18. The molecule has 1 aromatic heterocycles. The first-order valence-corrected chi connectivity index (χ1v) is 7.42.